The van der Waals surface area contributed by atoms with E-state index < -0.39 is 0 Å². The van der Waals surface area contributed by atoms with E-state index in [9.17, 15) is 0 Å². The number of piperidine rings is 1. The molecule has 0 bridgehead atoms. The molecule has 1 heterocycles. The second-order valence-corrected chi connectivity index (χ2v) is 4.93. The van der Waals surface area contributed by atoms with Crippen molar-refractivity contribution in [3.63, 3.8) is 0 Å². The Morgan fingerprint density at radius 1 is 1.11 bits per heavy atom. The van der Waals surface area contributed by atoms with Crippen molar-refractivity contribution in [2.24, 2.45) is 5.73 Å². The normalized spacial score (nSPS) is 18.0. The molecule has 0 radical (unpaired) electrons. The third-order valence-electron chi connectivity index (χ3n) is 3.28. The molecule has 6 heteroatoms. The molecular formula is C13H30N4O2. The lowest BCUT2D eigenvalue weighted by atomic mass is 10.1. The second-order valence-electron chi connectivity index (χ2n) is 4.93. The van der Waals surface area contributed by atoms with Gasteiger partial charge in [0.05, 0.1) is 26.4 Å². The maximum atomic E-state index is 5.87. The van der Waals surface area contributed by atoms with Crippen molar-refractivity contribution in [1.29, 1.82) is 0 Å². The fourth-order valence-electron chi connectivity index (χ4n) is 2.05. The van der Waals surface area contributed by atoms with Gasteiger partial charge < -0.3 is 30.7 Å². The quantitative estimate of drug-likeness (QED) is 0.339. The predicted molar refractivity (Wildman–Crippen MR) is 77.2 cm³/mol. The van der Waals surface area contributed by atoms with E-state index in [0.29, 0.717) is 19.3 Å². The molecule has 0 aromatic carbocycles. The summed E-state index contributed by atoms with van der Waals surface area (Å²) >= 11 is 0. The first kappa shape index (κ1) is 16.8. The van der Waals surface area contributed by atoms with Gasteiger partial charge in [0.1, 0.15) is 0 Å². The van der Waals surface area contributed by atoms with Gasteiger partial charge >= 0.3 is 0 Å². The van der Waals surface area contributed by atoms with Crippen LogP contribution < -0.4 is 16.4 Å². The highest BCUT2D eigenvalue weighted by Gasteiger charge is 2.14. The van der Waals surface area contributed by atoms with Gasteiger partial charge in [0.2, 0.25) is 0 Å². The highest BCUT2D eigenvalue weighted by Crippen LogP contribution is 2.07. The molecule has 114 valence electrons. The molecule has 1 aliphatic rings. The van der Waals surface area contributed by atoms with Crippen LogP contribution in [0.1, 0.15) is 12.8 Å². The molecule has 0 aromatic heterocycles. The van der Waals surface area contributed by atoms with Gasteiger partial charge in [-0.25, -0.2) is 0 Å². The Labute approximate surface area is 117 Å². The molecule has 1 saturated heterocycles. The van der Waals surface area contributed by atoms with Crippen molar-refractivity contribution in [1.82, 2.24) is 15.5 Å². The smallest absolute Gasteiger partial charge is 0.0701 e. The summed E-state index contributed by atoms with van der Waals surface area (Å²) in [6.45, 7) is 7.79. The maximum absolute atomic E-state index is 5.87. The van der Waals surface area contributed by atoms with Crippen LogP contribution in [0.4, 0.5) is 0 Å². The van der Waals surface area contributed by atoms with Crippen LogP contribution in [-0.2, 0) is 9.47 Å². The molecule has 0 saturated carbocycles. The number of hydrogen-bond donors (Lipinski definition) is 3. The molecule has 1 rings (SSSR count). The standard InChI is InChI=1S/C13H30N4O2/c1-15-12-16-4-8-18-10-11-19-9-7-17-5-2-13(14)3-6-17/h13,15-16H,2-12,14H2,1H3. The van der Waals surface area contributed by atoms with Crippen LogP contribution in [0.15, 0.2) is 0 Å². The lowest BCUT2D eigenvalue weighted by molar-refractivity contribution is 0.0369. The van der Waals surface area contributed by atoms with Gasteiger partial charge in [-0.05, 0) is 33.0 Å². The third-order valence-corrected chi connectivity index (χ3v) is 3.28. The minimum Gasteiger partial charge on any atom is -0.378 e. The zero-order valence-corrected chi connectivity index (χ0v) is 12.2. The van der Waals surface area contributed by atoms with Crippen molar-refractivity contribution >= 4 is 0 Å². The van der Waals surface area contributed by atoms with Gasteiger partial charge in [0.15, 0.2) is 0 Å². The zero-order chi connectivity index (χ0) is 13.8. The molecule has 0 spiro atoms. The lowest BCUT2D eigenvalue weighted by Crippen LogP contribution is -2.41. The van der Waals surface area contributed by atoms with Crippen molar-refractivity contribution in [3.8, 4) is 0 Å². The van der Waals surface area contributed by atoms with Crippen LogP contribution >= 0.6 is 0 Å². The number of ether oxygens (including phenoxy) is 2. The van der Waals surface area contributed by atoms with E-state index in [1.54, 1.807) is 0 Å². The van der Waals surface area contributed by atoms with Crippen LogP contribution in [-0.4, -0.2) is 77.3 Å². The van der Waals surface area contributed by atoms with Crippen molar-refractivity contribution in [3.05, 3.63) is 0 Å². The molecule has 6 nitrogen and oxygen atoms in total. The molecule has 0 aromatic rings. The average molecular weight is 274 g/mol. The molecule has 4 N–H and O–H groups in total. The molecule has 1 aliphatic heterocycles. The Morgan fingerprint density at radius 2 is 1.79 bits per heavy atom. The first-order valence-corrected chi connectivity index (χ1v) is 7.31. The summed E-state index contributed by atoms with van der Waals surface area (Å²) in [6.07, 6.45) is 2.23. The highest BCUT2D eigenvalue weighted by atomic mass is 16.5. The van der Waals surface area contributed by atoms with Crippen LogP contribution in [0.3, 0.4) is 0 Å². The van der Waals surface area contributed by atoms with Gasteiger partial charge in [0, 0.05) is 25.8 Å². The minimum atomic E-state index is 0.405. The number of nitrogens with two attached hydrogens (primary N) is 1. The van der Waals surface area contributed by atoms with E-state index in [1.165, 1.54) is 0 Å². The first-order valence-electron chi connectivity index (χ1n) is 7.31. The highest BCUT2D eigenvalue weighted by molar-refractivity contribution is 4.73. The summed E-state index contributed by atoms with van der Waals surface area (Å²) in [5, 5.41) is 6.21. The van der Waals surface area contributed by atoms with Gasteiger partial charge in [-0.2, -0.15) is 0 Å². The summed E-state index contributed by atoms with van der Waals surface area (Å²) in [7, 11) is 1.91. The number of nitrogens with one attached hydrogen (secondary N) is 2. The predicted octanol–water partition coefficient (Wildman–Crippen LogP) is -0.791. The lowest BCUT2D eigenvalue weighted by Gasteiger charge is -2.29. The molecule has 0 amide bonds. The third kappa shape index (κ3) is 9.32. The Kier molecular flexibility index (Phi) is 10.2. The minimum absolute atomic E-state index is 0.405. The fraction of sp³-hybridized carbons (Fsp3) is 1.00. The van der Waals surface area contributed by atoms with E-state index in [-0.39, 0.29) is 0 Å². The fourth-order valence-corrected chi connectivity index (χ4v) is 2.05. The van der Waals surface area contributed by atoms with Crippen LogP contribution in [0.5, 0.6) is 0 Å². The zero-order valence-electron chi connectivity index (χ0n) is 12.2. The summed E-state index contributed by atoms with van der Waals surface area (Å²) in [5.41, 5.74) is 5.87. The summed E-state index contributed by atoms with van der Waals surface area (Å²) in [5.74, 6) is 0. The van der Waals surface area contributed by atoms with Gasteiger partial charge in [0.25, 0.3) is 0 Å². The average Bonchev–Trinajstić information content (AvgIpc) is 2.43. The van der Waals surface area contributed by atoms with E-state index in [2.05, 4.69) is 15.5 Å². The number of hydrogen-bond acceptors (Lipinski definition) is 6. The Morgan fingerprint density at radius 3 is 2.47 bits per heavy atom. The molecule has 1 fully saturated rings. The number of nitrogens with zero attached hydrogens (tertiary/aromatic N) is 1. The van der Waals surface area contributed by atoms with Crippen molar-refractivity contribution in [2.45, 2.75) is 18.9 Å². The van der Waals surface area contributed by atoms with Gasteiger partial charge in [-0.15, -0.1) is 0 Å². The molecule has 0 unspecified atom stereocenters. The topological polar surface area (TPSA) is 71.8 Å². The van der Waals surface area contributed by atoms with Crippen LogP contribution in [0.2, 0.25) is 0 Å². The monoisotopic (exact) mass is 274 g/mol. The van der Waals surface area contributed by atoms with Gasteiger partial charge in [-0.3, -0.25) is 0 Å². The Balaban J connectivity index is 1.76. The molecule has 0 aliphatic carbocycles. The van der Waals surface area contributed by atoms with E-state index in [4.69, 9.17) is 15.2 Å². The second kappa shape index (κ2) is 11.6. The molecule has 19 heavy (non-hydrogen) atoms. The van der Waals surface area contributed by atoms with E-state index in [0.717, 1.165) is 58.9 Å². The first-order chi connectivity index (χ1) is 9.33. The largest absolute Gasteiger partial charge is 0.378 e. The number of likely N-dealkylation sites (tertiary alicyclic amines) is 1. The number of rotatable bonds is 11. The van der Waals surface area contributed by atoms with Crippen LogP contribution in [0.25, 0.3) is 0 Å². The Bertz CT molecular complexity index is 199. The van der Waals surface area contributed by atoms with Crippen molar-refractivity contribution in [2.75, 3.05) is 66.3 Å². The molecule has 0 atom stereocenters. The molecular weight excluding hydrogens is 244 g/mol. The summed E-state index contributed by atoms with van der Waals surface area (Å²) in [4.78, 5) is 2.42. The SMILES string of the molecule is CNCNCCOCCOCCN1CCC(N)CC1. The Hall–Kier alpha value is -0.240. The summed E-state index contributed by atoms with van der Waals surface area (Å²) in [6, 6.07) is 0.405. The maximum Gasteiger partial charge on any atom is 0.0701 e. The van der Waals surface area contributed by atoms with E-state index >= 15 is 0 Å². The van der Waals surface area contributed by atoms with Gasteiger partial charge in [-0.1, -0.05) is 0 Å². The van der Waals surface area contributed by atoms with Crippen molar-refractivity contribution < 1.29 is 9.47 Å². The van der Waals surface area contributed by atoms with Crippen LogP contribution in [0, 0.1) is 0 Å². The van der Waals surface area contributed by atoms with E-state index in [1.807, 2.05) is 7.05 Å². The summed E-state index contributed by atoms with van der Waals surface area (Å²) < 4.78 is 11.0.